The highest BCUT2D eigenvalue weighted by Crippen LogP contribution is 2.27. The van der Waals surface area contributed by atoms with Gasteiger partial charge in [-0.3, -0.25) is 0 Å². The predicted molar refractivity (Wildman–Crippen MR) is 89.1 cm³/mol. The van der Waals surface area contributed by atoms with Crippen LogP contribution in [0.1, 0.15) is 10.4 Å². The summed E-state index contributed by atoms with van der Waals surface area (Å²) in [5.74, 6) is -0.263. The van der Waals surface area contributed by atoms with Gasteiger partial charge in [-0.2, -0.15) is 0 Å². The van der Waals surface area contributed by atoms with Crippen LogP contribution in [0, 0.1) is 0 Å². The molecule has 2 aromatic rings. The summed E-state index contributed by atoms with van der Waals surface area (Å²) in [6, 6.07) is 6.84. The second-order valence-corrected chi connectivity index (χ2v) is 6.81. The van der Waals surface area contributed by atoms with Crippen LogP contribution in [0.3, 0.4) is 0 Å². The molecule has 0 atom stereocenters. The molecule has 0 bridgehead atoms. The Kier molecular flexibility index (Phi) is 4.17. The van der Waals surface area contributed by atoms with Crippen LogP contribution in [0.2, 0.25) is 10.0 Å². The molecular weight excluding hydrogens is 397 g/mol. The monoisotopic (exact) mass is 401 g/mol. The Morgan fingerprint density at radius 2 is 2.05 bits per heavy atom. The second-order valence-electron chi connectivity index (χ2n) is 4.13. The predicted octanol–water partition coefficient (Wildman–Crippen LogP) is 5.16. The Morgan fingerprint density at radius 1 is 1.24 bits per heavy atom. The lowest BCUT2D eigenvalue weighted by atomic mass is 10.2. The van der Waals surface area contributed by atoms with E-state index in [4.69, 9.17) is 27.9 Å². The minimum atomic E-state index is -0.486. The van der Waals surface area contributed by atoms with Crippen molar-refractivity contribution >= 4 is 68.4 Å². The Balaban J connectivity index is 1.95. The summed E-state index contributed by atoms with van der Waals surface area (Å²) in [6.45, 7) is 0. The van der Waals surface area contributed by atoms with Crippen molar-refractivity contribution in [2.45, 2.75) is 0 Å². The highest BCUT2D eigenvalue weighted by Gasteiger charge is 2.24. The zero-order valence-electron chi connectivity index (χ0n) is 10.3. The van der Waals surface area contributed by atoms with Crippen molar-refractivity contribution in [2.75, 3.05) is 0 Å². The van der Waals surface area contributed by atoms with E-state index in [1.807, 2.05) is 11.4 Å². The summed E-state index contributed by atoms with van der Waals surface area (Å²) >= 11 is 16.7. The lowest BCUT2D eigenvalue weighted by molar-refractivity contribution is -0.129. The van der Waals surface area contributed by atoms with Gasteiger partial charge in [-0.15, -0.1) is 11.3 Å². The summed E-state index contributed by atoms with van der Waals surface area (Å²) in [7, 11) is 0. The Morgan fingerprint density at radius 3 is 2.71 bits per heavy atom. The second kappa shape index (κ2) is 5.93. The van der Waals surface area contributed by atoms with Crippen molar-refractivity contribution in [3.63, 3.8) is 0 Å². The van der Waals surface area contributed by atoms with E-state index in [-0.39, 0.29) is 11.6 Å². The van der Waals surface area contributed by atoms with Gasteiger partial charge in [0, 0.05) is 20.3 Å². The van der Waals surface area contributed by atoms with Gasteiger partial charge in [0.05, 0.1) is 10.0 Å². The van der Waals surface area contributed by atoms with E-state index < -0.39 is 5.97 Å². The van der Waals surface area contributed by atoms with E-state index in [0.29, 0.717) is 15.6 Å². The van der Waals surface area contributed by atoms with E-state index in [1.165, 1.54) is 11.3 Å². The van der Waals surface area contributed by atoms with E-state index in [1.54, 1.807) is 24.3 Å². The van der Waals surface area contributed by atoms with Gasteiger partial charge < -0.3 is 4.74 Å². The largest absolute Gasteiger partial charge is 0.402 e. The molecule has 3 rings (SSSR count). The fourth-order valence-electron chi connectivity index (χ4n) is 1.70. The van der Waals surface area contributed by atoms with Crippen molar-refractivity contribution < 1.29 is 9.53 Å². The van der Waals surface area contributed by atoms with Gasteiger partial charge in [0.2, 0.25) is 5.90 Å². The molecule has 1 aromatic heterocycles. The molecule has 0 aliphatic carbocycles. The number of hydrogen-bond donors (Lipinski definition) is 0. The number of esters is 1. The lowest BCUT2D eigenvalue weighted by Gasteiger charge is -2.01. The topological polar surface area (TPSA) is 38.7 Å². The van der Waals surface area contributed by atoms with Crippen LogP contribution in [0.5, 0.6) is 0 Å². The molecule has 0 saturated carbocycles. The minimum absolute atomic E-state index is 0.223. The zero-order valence-corrected chi connectivity index (χ0v) is 14.2. The van der Waals surface area contributed by atoms with Gasteiger partial charge >= 0.3 is 5.97 Å². The Labute approximate surface area is 143 Å². The summed E-state index contributed by atoms with van der Waals surface area (Å²) in [4.78, 5) is 17.0. The van der Waals surface area contributed by atoms with E-state index >= 15 is 0 Å². The molecule has 0 saturated heterocycles. The smallest absolute Gasteiger partial charge is 0.363 e. The van der Waals surface area contributed by atoms with Crippen LogP contribution in [0.25, 0.3) is 6.08 Å². The third-order valence-corrected chi connectivity index (χ3v) is 5.03. The molecule has 0 N–H and O–H groups in total. The molecule has 106 valence electrons. The van der Waals surface area contributed by atoms with Crippen LogP contribution in [0.15, 0.2) is 44.8 Å². The number of hydrogen-bond acceptors (Lipinski definition) is 4. The molecule has 0 amide bonds. The van der Waals surface area contributed by atoms with Crippen LogP contribution in [-0.4, -0.2) is 11.9 Å². The number of aliphatic imine (C=N–C) groups is 1. The first-order valence-electron chi connectivity index (χ1n) is 5.75. The van der Waals surface area contributed by atoms with Gasteiger partial charge in [0.1, 0.15) is 0 Å². The fourth-order valence-corrected chi connectivity index (χ4v) is 3.37. The first-order chi connectivity index (χ1) is 10.0. The van der Waals surface area contributed by atoms with Gasteiger partial charge in [-0.25, -0.2) is 9.79 Å². The normalized spacial score (nSPS) is 16.2. The Bertz CT molecular complexity index is 798. The molecule has 0 spiro atoms. The van der Waals surface area contributed by atoms with E-state index in [0.717, 1.165) is 9.35 Å². The van der Waals surface area contributed by atoms with E-state index in [9.17, 15) is 4.79 Å². The number of cyclic esters (lactones) is 1. The molecular formula is C14H6BrCl2NO2S. The molecule has 0 unspecified atom stereocenters. The zero-order chi connectivity index (χ0) is 15.0. The minimum Gasteiger partial charge on any atom is -0.402 e. The standard InChI is InChI=1S/C14H6BrCl2NO2S/c15-8-4-9(21-6-8)5-12-14(19)20-13(18-12)7-1-2-10(16)11(17)3-7/h1-6H/b12-5-. The number of rotatable bonds is 2. The van der Waals surface area contributed by atoms with Gasteiger partial charge in [0.25, 0.3) is 0 Å². The molecule has 7 heteroatoms. The van der Waals surface area contributed by atoms with E-state index in [2.05, 4.69) is 20.9 Å². The number of halogens is 3. The van der Waals surface area contributed by atoms with Crippen molar-refractivity contribution in [3.05, 3.63) is 60.3 Å². The van der Waals surface area contributed by atoms with Crippen molar-refractivity contribution in [3.8, 4) is 0 Å². The summed E-state index contributed by atoms with van der Waals surface area (Å²) in [6.07, 6.45) is 1.68. The maximum Gasteiger partial charge on any atom is 0.363 e. The average Bonchev–Trinajstić information content (AvgIpc) is 3.00. The van der Waals surface area contributed by atoms with Gasteiger partial charge in [-0.1, -0.05) is 23.2 Å². The molecule has 0 fully saturated rings. The van der Waals surface area contributed by atoms with Crippen LogP contribution in [0.4, 0.5) is 0 Å². The number of carbonyl (C=O) groups is 1. The molecule has 21 heavy (non-hydrogen) atoms. The first-order valence-corrected chi connectivity index (χ1v) is 8.18. The van der Waals surface area contributed by atoms with Crippen LogP contribution in [-0.2, 0) is 9.53 Å². The van der Waals surface area contributed by atoms with Crippen molar-refractivity contribution in [1.29, 1.82) is 0 Å². The molecule has 2 heterocycles. The maximum atomic E-state index is 11.8. The quantitative estimate of drug-likeness (QED) is 0.513. The first kappa shape index (κ1) is 14.8. The van der Waals surface area contributed by atoms with Crippen LogP contribution < -0.4 is 0 Å². The number of ether oxygens (including phenoxy) is 1. The number of thiophene rings is 1. The highest BCUT2D eigenvalue weighted by atomic mass is 79.9. The molecule has 3 nitrogen and oxygen atoms in total. The highest BCUT2D eigenvalue weighted by molar-refractivity contribution is 9.10. The maximum absolute atomic E-state index is 11.8. The number of nitrogens with zero attached hydrogens (tertiary/aromatic N) is 1. The van der Waals surface area contributed by atoms with Gasteiger partial charge in [0.15, 0.2) is 5.70 Å². The SMILES string of the molecule is O=C1OC(c2ccc(Cl)c(Cl)c2)=N/C1=C\c1cc(Br)cs1. The third-order valence-electron chi connectivity index (χ3n) is 2.65. The summed E-state index contributed by atoms with van der Waals surface area (Å²) in [5, 5.41) is 2.74. The molecule has 1 aromatic carbocycles. The number of benzene rings is 1. The average molecular weight is 403 g/mol. The third kappa shape index (κ3) is 3.21. The fraction of sp³-hybridized carbons (Fsp3) is 0. The van der Waals surface area contributed by atoms with Crippen LogP contribution >= 0.6 is 50.5 Å². The Hall–Kier alpha value is -1.14. The van der Waals surface area contributed by atoms with Crippen molar-refractivity contribution in [1.82, 2.24) is 0 Å². The van der Waals surface area contributed by atoms with Crippen molar-refractivity contribution in [2.24, 2.45) is 4.99 Å². The summed E-state index contributed by atoms with van der Waals surface area (Å²) in [5.41, 5.74) is 0.860. The lowest BCUT2D eigenvalue weighted by Crippen LogP contribution is -2.05. The molecule has 1 aliphatic heterocycles. The molecule has 0 radical (unpaired) electrons. The number of carbonyl (C=O) groups excluding carboxylic acids is 1. The summed E-state index contributed by atoms with van der Waals surface area (Å²) < 4.78 is 6.13. The van der Waals surface area contributed by atoms with Gasteiger partial charge in [-0.05, 0) is 46.3 Å². The molecule has 1 aliphatic rings.